The molecule has 0 heterocycles. The number of phosphoric ester groups is 1. The van der Waals surface area contributed by atoms with Crippen molar-refractivity contribution >= 4 is 13.7 Å². The van der Waals surface area contributed by atoms with Gasteiger partial charge in [0.05, 0.1) is 13.2 Å². The van der Waals surface area contributed by atoms with E-state index in [0.717, 1.165) is 19.3 Å². The van der Waals surface area contributed by atoms with Gasteiger partial charge in [-0.3, -0.25) is 9.36 Å². The van der Waals surface area contributed by atoms with Crippen LogP contribution in [-0.2, 0) is 18.4 Å². The zero-order valence-corrected chi connectivity index (χ0v) is 11.6. The highest BCUT2D eigenvalue weighted by Gasteiger charge is 2.07. The van der Waals surface area contributed by atoms with Gasteiger partial charge in [0.25, 0.3) is 7.82 Å². The van der Waals surface area contributed by atoms with E-state index in [-0.39, 0.29) is 25.7 Å². The van der Waals surface area contributed by atoms with Crippen molar-refractivity contribution in [1.29, 1.82) is 0 Å². The van der Waals surface area contributed by atoms with Gasteiger partial charge >= 0.3 is 0 Å². The van der Waals surface area contributed by atoms with Gasteiger partial charge in [0.2, 0.25) is 5.91 Å². The molecule has 0 aliphatic rings. The second-order valence-corrected chi connectivity index (χ2v) is 5.21. The van der Waals surface area contributed by atoms with Crippen molar-refractivity contribution in [2.75, 3.05) is 26.3 Å². The molecule has 0 rings (SSSR count). The average Bonchev–Trinajstić information content (AvgIpc) is 2.29. The molecule has 7 nitrogen and oxygen atoms in total. The van der Waals surface area contributed by atoms with E-state index in [1.54, 1.807) is 0 Å². The Morgan fingerprint density at radius 1 is 1.22 bits per heavy atom. The first-order valence-corrected chi connectivity index (χ1v) is 7.48. The lowest BCUT2D eigenvalue weighted by Gasteiger charge is -2.22. The predicted molar refractivity (Wildman–Crippen MR) is 65.7 cm³/mol. The number of nitrogens with one attached hydrogen (secondary N) is 1. The number of carbonyl (C=O) groups excluding carboxylic acids is 1. The number of unbranched alkanes of at least 4 members (excludes halogenated alkanes) is 3. The van der Waals surface area contributed by atoms with Gasteiger partial charge in [-0.25, -0.2) is 0 Å². The van der Waals surface area contributed by atoms with Crippen LogP contribution in [0.2, 0.25) is 0 Å². The van der Waals surface area contributed by atoms with Crippen molar-refractivity contribution in [3.8, 4) is 0 Å². The maximum Gasteiger partial charge on any atom is 0.267 e. The fraction of sp³-hybridized carbons (Fsp3) is 0.900. The highest BCUT2D eigenvalue weighted by atomic mass is 31.2. The van der Waals surface area contributed by atoms with E-state index in [9.17, 15) is 14.3 Å². The van der Waals surface area contributed by atoms with Crippen LogP contribution in [0.25, 0.3) is 0 Å². The maximum absolute atomic E-state index is 11.1. The summed E-state index contributed by atoms with van der Waals surface area (Å²) in [5, 5.41) is 2.69. The zero-order valence-electron chi connectivity index (χ0n) is 10.7. The smallest absolute Gasteiger partial charge is 0.267 e. The van der Waals surface area contributed by atoms with Crippen LogP contribution >= 0.6 is 7.82 Å². The quantitative estimate of drug-likeness (QED) is 0.411. The van der Waals surface area contributed by atoms with Crippen LogP contribution in [0.3, 0.4) is 0 Å². The van der Waals surface area contributed by atoms with Crippen LogP contribution in [0.4, 0.5) is 0 Å². The topological polar surface area (TPSA) is 114 Å². The summed E-state index contributed by atoms with van der Waals surface area (Å²) >= 11 is 0. The van der Waals surface area contributed by atoms with Gasteiger partial charge < -0.3 is 25.0 Å². The lowest BCUT2D eigenvalue weighted by molar-refractivity contribution is -0.225. The summed E-state index contributed by atoms with van der Waals surface area (Å²) in [6, 6.07) is 0. The number of hydrogen-bond donors (Lipinski definition) is 2. The molecule has 1 unspecified atom stereocenters. The van der Waals surface area contributed by atoms with E-state index in [1.807, 2.05) is 0 Å². The summed E-state index contributed by atoms with van der Waals surface area (Å²) in [4.78, 5) is 21.6. The number of carbonyl (C=O) groups is 1. The maximum atomic E-state index is 11.1. The summed E-state index contributed by atoms with van der Waals surface area (Å²) in [6.07, 6.45) is 3.27. The van der Waals surface area contributed by atoms with Crippen LogP contribution < -0.4 is 15.9 Å². The van der Waals surface area contributed by atoms with E-state index < -0.39 is 7.82 Å². The first-order valence-electron chi connectivity index (χ1n) is 6.02. The number of hydrogen-bond acceptors (Lipinski definition) is 6. The molecule has 0 aromatic carbocycles. The molecular formula is C10H22N2O5P-. The molecule has 8 heteroatoms. The van der Waals surface area contributed by atoms with E-state index in [2.05, 4.69) is 14.4 Å². The molecule has 0 aromatic heterocycles. The molecular weight excluding hydrogens is 259 g/mol. The molecule has 18 heavy (non-hydrogen) atoms. The van der Waals surface area contributed by atoms with Gasteiger partial charge in [0, 0.05) is 20.0 Å². The molecule has 1 atom stereocenters. The SMILES string of the molecule is CC(=O)NCCCCCCOP(=O)([O-])OCCN. The fourth-order valence-electron chi connectivity index (χ4n) is 1.22. The van der Waals surface area contributed by atoms with Crippen molar-refractivity contribution in [2.45, 2.75) is 32.6 Å². The summed E-state index contributed by atoms with van der Waals surface area (Å²) < 4.78 is 20.2. The molecule has 0 aliphatic heterocycles. The Bertz CT molecular complexity index is 275. The Balaban J connectivity index is 3.34. The van der Waals surface area contributed by atoms with Gasteiger partial charge in [-0.1, -0.05) is 12.8 Å². The fourth-order valence-corrected chi connectivity index (χ4v) is 1.98. The van der Waals surface area contributed by atoms with Crippen molar-refractivity contribution in [3.63, 3.8) is 0 Å². The Hall–Kier alpha value is -0.460. The van der Waals surface area contributed by atoms with E-state index in [0.29, 0.717) is 13.0 Å². The molecule has 0 radical (unpaired) electrons. The zero-order chi connectivity index (χ0) is 13.9. The van der Waals surface area contributed by atoms with Crippen molar-refractivity contribution < 1.29 is 23.3 Å². The van der Waals surface area contributed by atoms with Gasteiger partial charge in [0.15, 0.2) is 0 Å². The third-order valence-electron chi connectivity index (χ3n) is 2.06. The van der Waals surface area contributed by atoms with Crippen molar-refractivity contribution in [2.24, 2.45) is 5.73 Å². The van der Waals surface area contributed by atoms with Crippen LogP contribution in [0.15, 0.2) is 0 Å². The average molecular weight is 281 g/mol. The minimum Gasteiger partial charge on any atom is -0.756 e. The lowest BCUT2D eigenvalue weighted by atomic mass is 10.2. The minimum absolute atomic E-state index is 0.0392. The third kappa shape index (κ3) is 12.0. The van der Waals surface area contributed by atoms with Crippen LogP contribution in [0, 0.1) is 0 Å². The Morgan fingerprint density at radius 3 is 2.44 bits per heavy atom. The van der Waals surface area contributed by atoms with Crippen LogP contribution in [0.5, 0.6) is 0 Å². The first-order chi connectivity index (χ1) is 8.48. The Labute approximate surface area is 108 Å². The molecule has 3 N–H and O–H groups in total. The standard InChI is InChI=1S/C10H23N2O5P/c1-10(13)12-7-4-2-3-5-8-16-18(14,15)17-9-6-11/h2-9,11H2,1H3,(H,12,13)(H,14,15)/p-1. The highest BCUT2D eigenvalue weighted by Crippen LogP contribution is 2.37. The van der Waals surface area contributed by atoms with Crippen molar-refractivity contribution in [1.82, 2.24) is 5.32 Å². The van der Waals surface area contributed by atoms with E-state index in [4.69, 9.17) is 5.73 Å². The molecule has 0 bridgehead atoms. The monoisotopic (exact) mass is 281 g/mol. The van der Waals surface area contributed by atoms with Crippen LogP contribution in [-0.4, -0.2) is 32.2 Å². The summed E-state index contributed by atoms with van der Waals surface area (Å²) in [5.74, 6) is -0.0392. The molecule has 0 aliphatic carbocycles. The molecule has 0 spiro atoms. The predicted octanol–water partition coefficient (Wildman–Crippen LogP) is 0.143. The molecule has 0 fully saturated rings. The highest BCUT2D eigenvalue weighted by molar-refractivity contribution is 7.45. The number of nitrogens with two attached hydrogens (primary N) is 1. The largest absolute Gasteiger partial charge is 0.756 e. The summed E-state index contributed by atoms with van der Waals surface area (Å²) in [6.45, 7) is 2.32. The summed E-state index contributed by atoms with van der Waals surface area (Å²) in [7, 11) is -4.17. The number of amides is 1. The second kappa shape index (κ2) is 10.5. The van der Waals surface area contributed by atoms with E-state index in [1.165, 1.54) is 6.92 Å². The molecule has 0 saturated heterocycles. The van der Waals surface area contributed by atoms with Crippen molar-refractivity contribution in [3.05, 3.63) is 0 Å². The first kappa shape index (κ1) is 17.5. The molecule has 108 valence electrons. The minimum atomic E-state index is -4.17. The van der Waals surface area contributed by atoms with Gasteiger partial charge in [-0.15, -0.1) is 0 Å². The summed E-state index contributed by atoms with van der Waals surface area (Å²) in [5.41, 5.74) is 5.11. The Kier molecular flexibility index (Phi) is 10.2. The van der Waals surface area contributed by atoms with Gasteiger partial charge in [-0.2, -0.15) is 0 Å². The van der Waals surface area contributed by atoms with Crippen LogP contribution in [0.1, 0.15) is 32.6 Å². The molecule has 0 saturated carbocycles. The van der Waals surface area contributed by atoms with Gasteiger partial charge in [-0.05, 0) is 12.8 Å². The normalized spacial score (nSPS) is 14.2. The Morgan fingerprint density at radius 2 is 1.83 bits per heavy atom. The second-order valence-electron chi connectivity index (χ2n) is 3.80. The van der Waals surface area contributed by atoms with Gasteiger partial charge in [0.1, 0.15) is 0 Å². The van der Waals surface area contributed by atoms with E-state index >= 15 is 0 Å². The lowest BCUT2D eigenvalue weighted by Crippen LogP contribution is -2.20. The molecule has 0 aromatic rings. The number of phosphoric acid groups is 1. The third-order valence-corrected chi connectivity index (χ3v) is 3.06. The number of rotatable bonds is 11. The molecule has 1 amide bonds.